The predicted octanol–water partition coefficient (Wildman–Crippen LogP) is 5.26. The summed E-state index contributed by atoms with van der Waals surface area (Å²) >= 11 is 6.36. The second kappa shape index (κ2) is 7.05. The van der Waals surface area contributed by atoms with E-state index in [9.17, 15) is 4.39 Å². The third-order valence-corrected chi connectivity index (χ3v) is 4.97. The molecule has 5 nitrogen and oxygen atoms in total. The van der Waals surface area contributed by atoms with Crippen molar-refractivity contribution in [2.24, 2.45) is 0 Å². The van der Waals surface area contributed by atoms with Crippen molar-refractivity contribution in [3.8, 4) is 11.3 Å². The third-order valence-electron chi connectivity index (χ3n) is 4.66. The molecule has 5 N–H and O–H groups in total. The number of nitrogens with zero attached hydrogens (tertiary/aromatic N) is 2. The number of hydrogen-bond donors (Lipinski definition) is 3. The number of imidazole rings is 1. The molecule has 0 fully saturated rings. The van der Waals surface area contributed by atoms with Gasteiger partial charge in [0.2, 0.25) is 0 Å². The average Bonchev–Trinajstić information content (AvgIpc) is 3.03. The molecule has 0 saturated carbocycles. The Morgan fingerprint density at radius 2 is 1.75 bits per heavy atom. The minimum Gasteiger partial charge on any atom is -0.398 e. The van der Waals surface area contributed by atoms with E-state index in [4.69, 9.17) is 23.1 Å². The molecule has 7 heteroatoms. The van der Waals surface area contributed by atoms with Gasteiger partial charge in [0.05, 0.1) is 22.0 Å². The molecule has 2 aromatic heterocycles. The van der Waals surface area contributed by atoms with Crippen LogP contribution in [-0.4, -0.2) is 9.38 Å². The summed E-state index contributed by atoms with van der Waals surface area (Å²) in [6.45, 7) is 2.04. The molecule has 0 aliphatic carbocycles. The van der Waals surface area contributed by atoms with Gasteiger partial charge in [0, 0.05) is 11.4 Å². The molecular formula is C21H19ClFN5. The number of para-hydroxylation sites is 1. The van der Waals surface area contributed by atoms with Crippen molar-refractivity contribution in [1.29, 1.82) is 0 Å². The highest BCUT2D eigenvalue weighted by molar-refractivity contribution is 6.34. The zero-order valence-corrected chi connectivity index (χ0v) is 16.0. The second-order valence-electron chi connectivity index (χ2n) is 6.41. The number of aromatic nitrogens is 2. The SMILES string of the molecule is CCc1cccc2nc(-c3c(N)cccc3F)c(Nc3c(N)cccc3Cl)n12. The van der Waals surface area contributed by atoms with Gasteiger partial charge in [-0.3, -0.25) is 4.40 Å². The Balaban J connectivity index is 2.05. The third kappa shape index (κ3) is 2.92. The molecule has 0 radical (unpaired) electrons. The van der Waals surface area contributed by atoms with E-state index in [0.717, 1.165) is 12.1 Å². The molecule has 2 aromatic carbocycles. The smallest absolute Gasteiger partial charge is 0.143 e. The highest BCUT2D eigenvalue weighted by Gasteiger charge is 2.22. The van der Waals surface area contributed by atoms with Crippen LogP contribution in [0.2, 0.25) is 5.02 Å². The fourth-order valence-electron chi connectivity index (χ4n) is 3.31. The van der Waals surface area contributed by atoms with Gasteiger partial charge in [-0.05, 0) is 42.8 Å². The van der Waals surface area contributed by atoms with Gasteiger partial charge in [-0.25, -0.2) is 9.37 Å². The van der Waals surface area contributed by atoms with E-state index in [1.165, 1.54) is 6.07 Å². The van der Waals surface area contributed by atoms with Crippen LogP contribution in [0, 0.1) is 5.82 Å². The number of nitrogen functional groups attached to an aromatic ring is 2. The summed E-state index contributed by atoms with van der Waals surface area (Å²) in [4.78, 5) is 4.67. The van der Waals surface area contributed by atoms with Gasteiger partial charge in [-0.1, -0.05) is 36.7 Å². The Morgan fingerprint density at radius 1 is 1.04 bits per heavy atom. The molecule has 0 atom stereocenters. The van der Waals surface area contributed by atoms with Crippen LogP contribution >= 0.6 is 11.6 Å². The first kappa shape index (κ1) is 18.1. The fraction of sp³-hybridized carbons (Fsp3) is 0.0952. The number of hydrogen-bond acceptors (Lipinski definition) is 4. The molecule has 0 saturated heterocycles. The fourth-order valence-corrected chi connectivity index (χ4v) is 3.54. The first-order valence-electron chi connectivity index (χ1n) is 8.87. The van der Waals surface area contributed by atoms with E-state index in [0.29, 0.717) is 39.2 Å². The van der Waals surface area contributed by atoms with Crippen LogP contribution in [0.15, 0.2) is 54.6 Å². The van der Waals surface area contributed by atoms with Crippen molar-refractivity contribution < 1.29 is 4.39 Å². The lowest BCUT2D eigenvalue weighted by molar-refractivity contribution is 0.631. The van der Waals surface area contributed by atoms with Gasteiger partial charge in [0.1, 0.15) is 23.0 Å². The van der Waals surface area contributed by atoms with E-state index < -0.39 is 5.82 Å². The normalized spacial score (nSPS) is 11.1. The topological polar surface area (TPSA) is 81.4 Å². The van der Waals surface area contributed by atoms with E-state index in [2.05, 4.69) is 10.3 Å². The summed E-state index contributed by atoms with van der Waals surface area (Å²) in [5, 5.41) is 3.74. The molecule has 28 heavy (non-hydrogen) atoms. The zero-order chi connectivity index (χ0) is 19.8. The van der Waals surface area contributed by atoms with Crippen LogP contribution in [0.5, 0.6) is 0 Å². The zero-order valence-electron chi connectivity index (χ0n) is 15.2. The average molecular weight is 396 g/mol. The largest absolute Gasteiger partial charge is 0.398 e. The number of benzene rings is 2. The van der Waals surface area contributed by atoms with Crippen LogP contribution < -0.4 is 16.8 Å². The highest BCUT2D eigenvalue weighted by Crippen LogP contribution is 2.39. The minimum atomic E-state index is -0.448. The maximum Gasteiger partial charge on any atom is 0.143 e. The molecule has 2 heterocycles. The number of fused-ring (bicyclic) bond motifs is 1. The highest BCUT2D eigenvalue weighted by atomic mass is 35.5. The van der Waals surface area contributed by atoms with Gasteiger partial charge in [0.25, 0.3) is 0 Å². The van der Waals surface area contributed by atoms with Gasteiger partial charge < -0.3 is 16.8 Å². The van der Waals surface area contributed by atoms with Gasteiger partial charge in [-0.2, -0.15) is 0 Å². The van der Waals surface area contributed by atoms with Crippen LogP contribution in [0.1, 0.15) is 12.6 Å². The van der Waals surface area contributed by atoms with Crippen LogP contribution in [0.3, 0.4) is 0 Å². The summed E-state index contributed by atoms with van der Waals surface area (Å²) in [6, 6.07) is 15.6. The van der Waals surface area contributed by atoms with E-state index in [1.807, 2.05) is 29.5 Å². The first-order valence-corrected chi connectivity index (χ1v) is 9.24. The number of anilines is 4. The molecule has 142 valence electrons. The molecular weight excluding hydrogens is 377 g/mol. The Bertz CT molecular complexity index is 1140. The monoisotopic (exact) mass is 395 g/mol. The summed E-state index contributed by atoms with van der Waals surface area (Å²) in [7, 11) is 0. The van der Waals surface area contributed by atoms with Crippen molar-refractivity contribution in [2.45, 2.75) is 13.3 Å². The number of pyridine rings is 1. The molecule has 0 unspecified atom stereocenters. The summed E-state index contributed by atoms with van der Waals surface area (Å²) in [5.74, 6) is 0.112. The van der Waals surface area contributed by atoms with Crippen molar-refractivity contribution in [1.82, 2.24) is 9.38 Å². The molecule has 0 bridgehead atoms. The van der Waals surface area contributed by atoms with Crippen molar-refractivity contribution in [3.63, 3.8) is 0 Å². The number of halogens is 2. The molecule has 0 aliphatic heterocycles. The van der Waals surface area contributed by atoms with E-state index in [-0.39, 0.29) is 5.56 Å². The summed E-state index contributed by atoms with van der Waals surface area (Å²) < 4.78 is 16.7. The Hall–Kier alpha value is -3.25. The van der Waals surface area contributed by atoms with Crippen molar-refractivity contribution in [3.05, 3.63) is 71.1 Å². The van der Waals surface area contributed by atoms with Gasteiger partial charge >= 0.3 is 0 Å². The Morgan fingerprint density at radius 3 is 2.46 bits per heavy atom. The van der Waals surface area contributed by atoms with Crippen LogP contribution in [0.4, 0.5) is 27.3 Å². The Kier molecular flexibility index (Phi) is 4.57. The number of aryl methyl sites for hydroxylation is 1. The van der Waals surface area contributed by atoms with E-state index >= 15 is 0 Å². The maximum atomic E-state index is 14.7. The molecule has 0 amide bonds. The lowest BCUT2D eigenvalue weighted by Crippen LogP contribution is -2.04. The van der Waals surface area contributed by atoms with Crippen molar-refractivity contribution >= 4 is 40.1 Å². The number of nitrogens with one attached hydrogen (secondary N) is 1. The summed E-state index contributed by atoms with van der Waals surface area (Å²) in [5.41, 5.74) is 15.8. The molecule has 4 aromatic rings. The number of rotatable bonds is 4. The lowest BCUT2D eigenvalue weighted by Gasteiger charge is -2.15. The van der Waals surface area contributed by atoms with E-state index in [1.54, 1.807) is 30.3 Å². The quantitative estimate of drug-likeness (QED) is 0.411. The van der Waals surface area contributed by atoms with Gasteiger partial charge in [-0.15, -0.1) is 0 Å². The molecule has 4 rings (SSSR count). The standard InChI is InChI=1S/C21H19ClFN5/c1-2-12-6-3-11-17-26-20(18-14(23)8-5-9-15(18)24)21(28(12)17)27-19-13(22)7-4-10-16(19)25/h3-11,27H,2,24-25H2,1H3. The lowest BCUT2D eigenvalue weighted by atomic mass is 10.1. The molecule has 0 spiro atoms. The van der Waals surface area contributed by atoms with Crippen LogP contribution in [0.25, 0.3) is 16.9 Å². The minimum absolute atomic E-state index is 0.237. The Labute approximate surface area is 166 Å². The van der Waals surface area contributed by atoms with Crippen LogP contribution in [-0.2, 0) is 6.42 Å². The summed E-state index contributed by atoms with van der Waals surface area (Å²) in [6.07, 6.45) is 0.757. The first-order chi connectivity index (χ1) is 13.5. The van der Waals surface area contributed by atoms with Crippen molar-refractivity contribution in [2.75, 3.05) is 16.8 Å². The number of nitrogens with two attached hydrogens (primary N) is 2. The molecule has 0 aliphatic rings. The van der Waals surface area contributed by atoms with Gasteiger partial charge in [0.15, 0.2) is 0 Å². The maximum absolute atomic E-state index is 14.7. The second-order valence-corrected chi connectivity index (χ2v) is 6.81. The predicted molar refractivity (Wildman–Crippen MR) is 114 cm³/mol.